The van der Waals surface area contributed by atoms with Crippen LogP contribution in [0, 0.1) is 11.8 Å². The Morgan fingerprint density at radius 2 is 1.66 bits per heavy atom. The molecule has 10 nitrogen and oxygen atoms in total. The number of hydrogen-bond acceptors (Lipinski definition) is 6. The molecule has 0 spiro atoms. The maximum atomic E-state index is 13.6. The number of benzene rings is 2. The predicted molar refractivity (Wildman–Crippen MR) is 166 cm³/mol. The smallest absolute Gasteiger partial charge is 0.408 e. The number of ether oxygens (including phenoxy) is 1. The summed E-state index contributed by atoms with van der Waals surface area (Å²) in [6.07, 6.45) is 0.971. The van der Waals surface area contributed by atoms with E-state index in [9.17, 15) is 24.0 Å². The van der Waals surface area contributed by atoms with E-state index in [1.165, 1.54) is 0 Å². The fraction of sp³-hybridized carbons (Fsp3) is 0.469. The van der Waals surface area contributed by atoms with Crippen molar-refractivity contribution in [3.63, 3.8) is 0 Å². The number of rotatable bonds is 14. The van der Waals surface area contributed by atoms with E-state index in [4.69, 9.17) is 27.9 Å². The van der Waals surface area contributed by atoms with Gasteiger partial charge in [0.05, 0.1) is 6.04 Å². The summed E-state index contributed by atoms with van der Waals surface area (Å²) in [7, 11) is 0. The first kappa shape index (κ1) is 33.3. The van der Waals surface area contributed by atoms with Crippen molar-refractivity contribution in [1.29, 1.82) is 0 Å². The summed E-state index contributed by atoms with van der Waals surface area (Å²) in [5, 5.41) is 11.7. The fourth-order valence-corrected chi connectivity index (χ4v) is 5.53. The highest BCUT2D eigenvalue weighted by molar-refractivity contribution is 6.38. The van der Waals surface area contributed by atoms with Crippen LogP contribution in [0.5, 0.6) is 0 Å². The molecule has 1 aliphatic heterocycles. The summed E-state index contributed by atoms with van der Waals surface area (Å²) in [6.45, 7) is 4.23. The van der Waals surface area contributed by atoms with E-state index in [0.29, 0.717) is 35.0 Å². The quantitative estimate of drug-likeness (QED) is 0.226. The minimum atomic E-state index is -1.23. The summed E-state index contributed by atoms with van der Waals surface area (Å²) in [5.74, 6) is -3.04. The number of carbonyl (C=O) groups excluding carboxylic acids is 5. The summed E-state index contributed by atoms with van der Waals surface area (Å²) < 4.78 is 5.84. The molecule has 1 aliphatic carbocycles. The Morgan fingerprint density at radius 1 is 0.955 bits per heavy atom. The molecule has 2 aromatic carbocycles. The van der Waals surface area contributed by atoms with Crippen LogP contribution in [0.4, 0.5) is 4.79 Å². The molecule has 44 heavy (non-hydrogen) atoms. The highest BCUT2D eigenvalue weighted by Crippen LogP contribution is 2.27. The van der Waals surface area contributed by atoms with Gasteiger partial charge in [0.15, 0.2) is 0 Å². The van der Waals surface area contributed by atoms with Crippen LogP contribution in [0.3, 0.4) is 0 Å². The minimum absolute atomic E-state index is 0.0193. The summed E-state index contributed by atoms with van der Waals surface area (Å²) >= 11 is 12.4. The molecule has 1 saturated heterocycles. The van der Waals surface area contributed by atoms with E-state index in [1.54, 1.807) is 42.5 Å². The third-order valence-electron chi connectivity index (χ3n) is 7.55. The van der Waals surface area contributed by atoms with Gasteiger partial charge in [-0.05, 0) is 73.4 Å². The second-order valence-electron chi connectivity index (χ2n) is 11.8. The first-order valence-corrected chi connectivity index (χ1v) is 15.6. The maximum absolute atomic E-state index is 13.6. The Morgan fingerprint density at radius 3 is 2.27 bits per heavy atom. The summed E-state index contributed by atoms with van der Waals surface area (Å²) in [5.41, 5.74) is 1.48. The van der Waals surface area contributed by atoms with E-state index in [2.05, 4.69) is 21.3 Å². The van der Waals surface area contributed by atoms with Crippen molar-refractivity contribution in [2.24, 2.45) is 11.8 Å². The topological polar surface area (TPSA) is 143 Å². The predicted octanol–water partition coefficient (Wildman–Crippen LogP) is 4.28. The van der Waals surface area contributed by atoms with Gasteiger partial charge in [0.1, 0.15) is 12.1 Å². The Hall–Kier alpha value is -3.63. The number of hydrogen-bond donors (Lipinski definition) is 4. The van der Waals surface area contributed by atoms with Gasteiger partial charge in [0.2, 0.25) is 17.6 Å². The molecular formula is C32H38Cl2N4O6. The molecule has 2 fully saturated rings. The van der Waals surface area contributed by atoms with Crippen LogP contribution in [0.1, 0.15) is 63.2 Å². The highest BCUT2D eigenvalue weighted by Gasteiger charge is 2.37. The Balaban J connectivity index is 1.49. The van der Waals surface area contributed by atoms with Gasteiger partial charge >= 0.3 is 6.09 Å². The van der Waals surface area contributed by atoms with Gasteiger partial charge in [-0.15, -0.1) is 0 Å². The van der Waals surface area contributed by atoms with E-state index < -0.39 is 47.8 Å². The van der Waals surface area contributed by atoms with Gasteiger partial charge in [-0.3, -0.25) is 19.2 Å². The lowest BCUT2D eigenvalue weighted by molar-refractivity contribution is -0.141. The normalized spacial score (nSPS) is 18.1. The summed E-state index contributed by atoms with van der Waals surface area (Å²) in [4.78, 5) is 64.9. The SMILES string of the molecule is CC(C)C[C@H](NC(=O)OC(Cc1cccc(Cl)c1)c1cccc(Cl)c1)C(=O)N[C@@H](C[C@@H]1CCNC1=O)C(=O)C(=O)NC1CC1. The zero-order chi connectivity index (χ0) is 31.8. The van der Waals surface area contributed by atoms with Crippen molar-refractivity contribution in [2.75, 3.05) is 6.54 Å². The maximum Gasteiger partial charge on any atom is 0.408 e. The van der Waals surface area contributed by atoms with Gasteiger partial charge in [-0.2, -0.15) is 0 Å². The lowest BCUT2D eigenvalue weighted by atomic mass is 9.94. The second-order valence-corrected chi connectivity index (χ2v) is 12.7. The standard InChI is InChI=1S/C32H38Cl2N4O6/c1-18(2)13-26(30(41)37-25(17-21-11-12-35-29(21)40)28(39)31(42)36-24-9-10-24)38-32(43)44-27(20-6-4-8-23(34)16-20)15-19-5-3-7-22(33)14-19/h3-8,14,16,18,21,24-27H,9-13,15,17H2,1-2H3,(H,35,40)(H,36,42)(H,37,41)(H,38,43)/t21-,25-,26-,27?/m0/s1. The zero-order valence-electron chi connectivity index (χ0n) is 24.7. The van der Waals surface area contributed by atoms with E-state index >= 15 is 0 Å². The van der Waals surface area contributed by atoms with Crippen LogP contribution >= 0.6 is 23.2 Å². The molecule has 2 aliphatic rings. The third kappa shape index (κ3) is 9.95. The first-order chi connectivity index (χ1) is 21.0. The third-order valence-corrected chi connectivity index (χ3v) is 8.02. The fourth-order valence-electron chi connectivity index (χ4n) is 5.12. The Kier molecular flexibility index (Phi) is 11.6. The van der Waals surface area contributed by atoms with E-state index in [0.717, 1.165) is 18.4 Å². The second kappa shape index (κ2) is 15.4. The van der Waals surface area contributed by atoms with Crippen LogP contribution in [0.25, 0.3) is 0 Å². The van der Waals surface area contributed by atoms with Crippen molar-refractivity contribution in [3.8, 4) is 0 Å². The molecule has 0 radical (unpaired) electrons. The van der Waals surface area contributed by atoms with Crippen LogP contribution < -0.4 is 21.3 Å². The highest BCUT2D eigenvalue weighted by atomic mass is 35.5. The van der Waals surface area contributed by atoms with Crippen LogP contribution in [-0.4, -0.2) is 54.3 Å². The van der Waals surface area contributed by atoms with Crippen molar-refractivity contribution in [1.82, 2.24) is 21.3 Å². The molecule has 1 unspecified atom stereocenters. The van der Waals surface area contributed by atoms with Gasteiger partial charge < -0.3 is 26.0 Å². The molecular weight excluding hydrogens is 607 g/mol. The van der Waals surface area contributed by atoms with Gasteiger partial charge in [-0.1, -0.05) is 61.3 Å². The average molecular weight is 646 g/mol. The number of amides is 4. The van der Waals surface area contributed by atoms with Gasteiger partial charge in [0, 0.05) is 35.0 Å². The Labute approximate surface area is 267 Å². The molecule has 4 atom stereocenters. The number of carbonyl (C=O) groups is 5. The average Bonchev–Trinajstić information content (AvgIpc) is 3.69. The van der Waals surface area contributed by atoms with Crippen molar-refractivity contribution >= 4 is 52.8 Å². The summed E-state index contributed by atoms with van der Waals surface area (Å²) in [6, 6.07) is 11.8. The van der Waals surface area contributed by atoms with Crippen LogP contribution in [0.2, 0.25) is 10.0 Å². The zero-order valence-corrected chi connectivity index (χ0v) is 26.2. The van der Waals surface area contributed by atoms with E-state index in [1.807, 2.05) is 19.9 Å². The van der Waals surface area contributed by atoms with Gasteiger partial charge in [-0.25, -0.2) is 4.79 Å². The molecule has 12 heteroatoms. The van der Waals surface area contributed by atoms with Crippen molar-refractivity contribution in [2.45, 2.75) is 76.6 Å². The van der Waals surface area contributed by atoms with Gasteiger partial charge in [0.25, 0.3) is 5.91 Å². The lowest BCUT2D eigenvalue weighted by Gasteiger charge is -2.26. The monoisotopic (exact) mass is 644 g/mol. The molecule has 2 aromatic rings. The Bertz CT molecular complexity index is 1380. The number of halogens is 2. The largest absolute Gasteiger partial charge is 0.441 e. The van der Waals surface area contributed by atoms with Crippen molar-refractivity contribution < 1.29 is 28.7 Å². The number of ketones is 1. The molecule has 236 valence electrons. The molecule has 1 heterocycles. The van der Waals surface area contributed by atoms with E-state index in [-0.39, 0.29) is 30.7 Å². The molecule has 0 bridgehead atoms. The van der Waals surface area contributed by atoms with Crippen LogP contribution in [0.15, 0.2) is 48.5 Å². The molecule has 4 N–H and O–H groups in total. The first-order valence-electron chi connectivity index (χ1n) is 14.9. The van der Waals surface area contributed by atoms with Crippen molar-refractivity contribution in [3.05, 3.63) is 69.7 Å². The number of nitrogens with one attached hydrogen (secondary N) is 4. The minimum Gasteiger partial charge on any atom is -0.441 e. The number of Topliss-reactive ketones (excluding diaryl/α,β-unsaturated/α-hetero) is 1. The molecule has 4 amide bonds. The molecule has 0 aromatic heterocycles. The number of alkyl carbamates (subject to hydrolysis) is 1. The van der Waals surface area contributed by atoms with Crippen LogP contribution in [-0.2, 0) is 30.3 Å². The molecule has 4 rings (SSSR count). The molecule has 1 saturated carbocycles. The lowest BCUT2D eigenvalue weighted by Crippen LogP contribution is -2.55.